The summed E-state index contributed by atoms with van der Waals surface area (Å²) in [5, 5.41) is 18.8. The summed E-state index contributed by atoms with van der Waals surface area (Å²) in [5.41, 5.74) is 2.18. The highest BCUT2D eigenvalue weighted by Crippen LogP contribution is 2.37. The lowest BCUT2D eigenvalue weighted by Gasteiger charge is -2.19. The SMILES string of the molecule is CNC(=O)c1nnc(N2CCCC2)cc1Nc1cccc(-c2ncn(C)n2)c1OC. The van der Waals surface area contributed by atoms with Gasteiger partial charge in [0.25, 0.3) is 5.91 Å². The van der Waals surface area contributed by atoms with Crippen LogP contribution in [0.4, 0.5) is 17.2 Å². The van der Waals surface area contributed by atoms with E-state index in [9.17, 15) is 4.79 Å². The first-order valence-corrected chi connectivity index (χ1v) is 9.75. The van der Waals surface area contributed by atoms with E-state index in [0.29, 0.717) is 22.9 Å². The number of carbonyl (C=O) groups excluding carboxylic acids is 1. The number of para-hydroxylation sites is 1. The second-order valence-corrected chi connectivity index (χ2v) is 6.99. The molecule has 1 aliphatic rings. The fourth-order valence-electron chi connectivity index (χ4n) is 3.50. The molecule has 0 aliphatic carbocycles. The molecule has 0 spiro atoms. The second-order valence-electron chi connectivity index (χ2n) is 6.99. The highest BCUT2D eigenvalue weighted by molar-refractivity contribution is 5.98. The fraction of sp³-hybridized carbons (Fsp3) is 0.350. The van der Waals surface area contributed by atoms with Crippen LogP contribution in [0.2, 0.25) is 0 Å². The van der Waals surface area contributed by atoms with E-state index in [1.807, 2.05) is 31.3 Å². The number of anilines is 3. The Kier molecular flexibility index (Phi) is 5.46. The Balaban J connectivity index is 1.75. The topological polar surface area (TPSA) is 110 Å². The van der Waals surface area contributed by atoms with Crippen molar-refractivity contribution in [1.29, 1.82) is 0 Å². The maximum atomic E-state index is 12.4. The van der Waals surface area contributed by atoms with Crippen molar-refractivity contribution in [3.05, 3.63) is 36.3 Å². The average Bonchev–Trinajstić information content (AvgIpc) is 3.45. The summed E-state index contributed by atoms with van der Waals surface area (Å²) < 4.78 is 7.30. The van der Waals surface area contributed by atoms with Gasteiger partial charge >= 0.3 is 0 Å². The Hall–Kier alpha value is -3.69. The van der Waals surface area contributed by atoms with Crippen LogP contribution in [0.3, 0.4) is 0 Å². The quantitative estimate of drug-likeness (QED) is 0.637. The number of methoxy groups -OCH3 is 1. The highest BCUT2D eigenvalue weighted by atomic mass is 16.5. The first kappa shape index (κ1) is 19.6. The number of aromatic nitrogens is 5. The van der Waals surface area contributed by atoms with Gasteiger partial charge in [-0.25, -0.2) is 4.98 Å². The van der Waals surface area contributed by atoms with Crippen LogP contribution < -0.4 is 20.3 Å². The first-order valence-electron chi connectivity index (χ1n) is 9.75. The van der Waals surface area contributed by atoms with Crippen molar-refractivity contribution >= 4 is 23.1 Å². The Morgan fingerprint density at radius 2 is 1.97 bits per heavy atom. The van der Waals surface area contributed by atoms with Gasteiger partial charge in [0.2, 0.25) is 0 Å². The lowest BCUT2D eigenvalue weighted by molar-refractivity contribution is 0.0958. The first-order chi connectivity index (χ1) is 14.6. The van der Waals surface area contributed by atoms with Gasteiger partial charge in [-0.15, -0.1) is 10.2 Å². The molecular weight excluding hydrogens is 384 g/mol. The third-order valence-corrected chi connectivity index (χ3v) is 4.98. The Bertz CT molecular complexity index is 1060. The molecule has 3 aromatic rings. The fourth-order valence-corrected chi connectivity index (χ4v) is 3.50. The standard InChI is InChI=1S/C20H24N8O2/c1-21-20(29)17-15(11-16(24-25-17)28-9-4-5-10-28)23-14-8-6-7-13(18(14)30-3)19-22-12-27(2)26-19/h6-8,11-12H,4-5,9-10H2,1-3H3,(H,21,29)(H,23,24). The number of hydrogen-bond acceptors (Lipinski definition) is 8. The number of amides is 1. The van der Waals surface area contributed by atoms with Gasteiger partial charge < -0.3 is 20.3 Å². The number of ether oxygens (including phenoxy) is 1. The molecule has 1 aromatic carbocycles. The van der Waals surface area contributed by atoms with Gasteiger partial charge in [-0.3, -0.25) is 9.48 Å². The molecule has 0 atom stereocenters. The number of rotatable bonds is 6. The average molecular weight is 408 g/mol. The van der Waals surface area contributed by atoms with Crippen molar-refractivity contribution < 1.29 is 9.53 Å². The van der Waals surface area contributed by atoms with Crippen LogP contribution in [-0.4, -0.2) is 58.1 Å². The molecule has 30 heavy (non-hydrogen) atoms. The van der Waals surface area contributed by atoms with Crippen LogP contribution in [0.5, 0.6) is 5.75 Å². The van der Waals surface area contributed by atoms with Crippen molar-refractivity contribution in [1.82, 2.24) is 30.3 Å². The van der Waals surface area contributed by atoms with E-state index in [4.69, 9.17) is 4.74 Å². The van der Waals surface area contributed by atoms with Crippen LogP contribution in [0.15, 0.2) is 30.6 Å². The summed E-state index contributed by atoms with van der Waals surface area (Å²) in [6.45, 7) is 1.86. The van der Waals surface area contributed by atoms with Gasteiger partial charge in [-0.1, -0.05) is 6.07 Å². The smallest absolute Gasteiger partial charge is 0.273 e. The zero-order valence-electron chi connectivity index (χ0n) is 17.2. The lowest BCUT2D eigenvalue weighted by atomic mass is 10.1. The molecule has 0 bridgehead atoms. The molecule has 1 saturated heterocycles. The van der Waals surface area contributed by atoms with Crippen LogP contribution in [0.1, 0.15) is 23.3 Å². The minimum absolute atomic E-state index is 0.212. The Labute approximate surface area is 174 Å². The molecule has 2 aromatic heterocycles. The maximum Gasteiger partial charge on any atom is 0.273 e. The van der Waals surface area contributed by atoms with Gasteiger partial charge in [0, 0.05) is 33.3 Å². The summed E-state index contributed by atoms with van der Waals surface area (Å²) in [6, 6.07) is 7.49. The lowest BCUT2D eigenvalue weighted by Crippen LogP contribution is -2.24. The molecule has 1 fully saturated rings. The normalized spacial score (nSPS) is 13.4. The number of benzene rings is 1. The van der Waals surface area contributed by atoms with Gasteiger partial charge in [0.1, 0.15) is 6.33 Å². The van der Waals surface area contributed by atoms with E-state index >= 15 is 0 Å². The van der Waals surface area contributed by atoms with E-state index in [-0.39, 0.29) is 11.6 Å². The van der Waals surface area contributed by atoms with Gasteiger partial charge in [0.05, 0.1) is 24.0 Å². The third kappa shape index (κ3) is 3.76. The van der Waals surface area contributed by atoms with Gasteiger partial charge in [-0.05, 0) is 25.0 Å². The van der Waals surface area contributed by atoms with Crippen LogP contribution in [-0.2, 0) is 7.05 Å². The van der Waals surface area contributed by atoms with Crippen LogP contribution in [0, 0.1) is 0 Å². The molecule has 156 valence electrons. The minimum Gasteiger partial charge on any atom is -0.494 e. The Morgan fingerprint density at radius 3 is 2.63 bits per heavy atom. The summed E-state index contributed by atoms with van der Waals surface area (Å²) in [6.07, 6.45) is 3.87. The highest BCUT2D eigenvalue weighted by Gasteiger charge is 2.21. The molecular formula is C20H24N8O2. The largest absolute Gasteiger partial charge is 0.494 e. The molecule has 10 nitrogen and oxygen atoms in total. The van der Waals surface area contributed by atoms with E-state index in [1.54, 1.807) is 25.2 Å². The molecule has 0 saturated carbocycles. The molecule has 0 unspecified atom stereocenters. The summed E-state index contributed by atoms with van der Waals surface area (Å²) in [7, 11) is 4.96. The van der Waals surface area contributed by atoms with Crippen molar-refractivity contribution in [2.75, 3.05) is 37.5 Å². The predicted molar refractivity (Wildman–Crippen MR) is 113 cm³/mol. The molecule has 2 N–H and O–H groups in total. The number of hydrogen-bond donors (Lipinski definition) is 2. The summed E-state index contributed by atoms with van der Waals surface area (Å²) in [4.78, 5) is 18.9. The number of nitrogens with zero attached hydrogens (tertiary/aromatic N) is 6. The van der Waals surface area contributed by atoms with E-state index < -0.39 is 0 Å². The summed E-state index contributed by atoms with van der Waals surface area (Å²) in [5.74, 6) is 1.55. The second kappa shape index (κ2) is 8.36. The molecule has 4 rings (SSSR count). The van der Waals surface area contributed by atoms with Crippen molar-refractivity contribution in [2.45, 2.75) is 12.8 Å². The molecule has 10 heteroatoms. The van der Waals surface area contributed by atoms with Crippen LogP contribution in [0.25, 0.3) is 11.4 Å². The maximum absolute atomic E-state index is 12.4. The molecule has 3 heterocycles. The van der Waals surface area contributed by atoms with Crippen LogP contribution >= 0.6 is 0 Å². The van der Waals surface area contributed by atoms with Crippen molar-refractivity contribution in [3.8, 4) is 17.1 Å². The molecule has 1 amide bonds. The molecule has 0 radical (unpaired) electrons. The monoisotopic (exact) mass is 408 g/mol. The minimum atomic E-state index is -0.320. The van der Waals surface area contributed by atoms with E-state index in [2.05, 4.69) is 35.8 Å². The van der Waals surface area contributed by atoms with Gasteiger partial charge in [0.15, 0.2) is 23.1 Å². The van der Waals surface area contributed by atoms with E-state index in [1.165, 1.54) is 0 Å². The van der Waals surface area contributed by atoms with Crippen molar-refractivity contribution in [2.24, 2.45) is 7.05 Å². The number of nitrogens with one attached hydrogen (secondary N) is 2. The third-order valence-electron chi connectivity index (χ3n) is 4.98. The van der Waals surface area contributed by atoms with Gasteiger partial charge in [-0.2, -0.15) is 5.10 Å². The van der Waals surface area contributed by atoms with Crippen molar-refractivity contribution in [3.63, 3.8) is 0 Å². The molecule has 1 aliphatic heterocycles. The number of carbonyl (C=O) groups is 1. The zero-order chi connectivity index (χ0) is 21.1. The Morgan fingerprint density at radius 1 is 1.17 bits per heavy atom. The number of aryl methyl sites for hydroxylation is 1. The predicted octanol–water partition coefficient (Wildman–Crippen LogP) is 1.98. The summed E-state index contributed by atoms with van der Waals surface area (Å²) >= 11 is 0. The van der Waals surface area contributed by atoms with E-state index in [0.717, 1.165) is 37.3 Å². The zero-order valence-corrected chi connectivity index (χ0v) is 17.2.